The van der Waals surface area contributed by atoms with Gasteiger partial charge in [-0.2, -0.15) is 0 Å². The van der Waals surface area contributed by atoms with Gasteiger partial charge in [-0.25, -0.2) is 13.4 Å². The largest absolute Gasteiger partial charge is 0.316 e. The highest BCUT2D eigenvalue weighted by Gasteiger charge is 2.24. The van der Waals surface area contributed by atoms with Gasteiger partial charge >= 0.3 is 0 Å². The van der Waals surface area contributed by atoms with Gasteiger partial charge in [0.05, 0.1) is 32.0 Å². The molecule has 0 radical (unpaired) electrons. The van der Waals surface area contributed by atoms with E-state index in [1.54, 1.807) is 26.1 Å². The molecule has 3 heterocycles. The number of aryl methyl sites for hydroxylation is 1. The summed E-state index contributed by atoms with van der Waals surface area (Å²) in [5.74, 6) is 0.0952. The second-order valence-electron chi connectivity index (χ2n) is 8.20. The molecule has 2 N–H and O–H groups in total. The summed E-state index contributed by atoms with van der Waals surface area (Å²) in [6.07, 6.45) is 7.80. The first-order valence-electron chi connectivity index (χ1n) is 10.0. The predicted molar refractivity (Wildman–Crippen MR) is 115 cm³/mol. The van der Waals surface area contributed by atoms with E-state index in [9.17, 15) is 8.60 Å². The van der Waals surface area contributed by atoms with Crippen LogP contribution < -0.4 is 5.32 Å². The van der Waals surface area contributed by atoms with E-state index in [-0.39, 0.29) is 4.90 Å². The van der Waals surface area contributed by atoms with E-state index in [1.165, 1.54) is 17.7 Å². The number of halogens is 1. The molecule has 1 saturated heterocycles. The summed E-state index contributed by atoms with van der Waals surface area (Å²) >= 11 is 0. The van der Waals surface area contributed by atoms with Crippen LogP contribution in [0, 0.1) is 23.4 Å². The lowest BCUT2D eigenvalue weighted by atomic mass is 9.97. The third-order valence-electron chi connectivity index (χ3n) is 5.82. The molecular formula is C22H27FN4OS. The molecule has 0 aliphatic carbocycles. The number of nitrogens with zero attached hydrogens (tertiary/aromatic N) is 2. The Hall–Kier alpha value is -2.25. The standard InChI is InChI=1S/C22H27FN4OS/c1-14(2)29(24,28)21-9-18(23)4-5-19(21)27-13-17(8-16-6-7-25-11-16)22-15(3)10-26-12-20(22)27/h4-5,9-10,12-14,16,24-25H,6-8,11H2,1-3H3/t16-,29-/m1/s1. The first-order valence-corrected chi connectivity index (χ1v) is 11.6. The molecule has 1 aromatic carbocycles. The smallest absolute Gasteiger partial charge is 0.124 e. The Morgan fingerprint density at radius 2 is 2.17 bits per heavy atom. The van der Waals surface area contributed by atoms with Crippen LogP contribution in [0.1, 0.15) is 31.4 Å². The Labute approximate surface area is 171 Å². The number of nitrogens with one attached hydrogen (secondary N) is 2. The highest BCUT2D eigenvalue weighted by molar-refractivity contribution is 7.93. The number of hydrogen-bond donors (Lipinski definition) is 2. The molecule has 2 aromatic heterocycles. The van der Waals surface area contributed by atoms with E-state index >= 15 is 0 Å². The normalized spacial score (nSPS) is 19.1. The zero-order valence-corrected chi connectivity index (χ0v) is 17.9. The van der Waals surface area contributed by atoms with Crippen molar-refractivity contribution in [2.24, 2.45) is 5.92 Å². The van der Waals surface area contributed by atoms with E-state index in [1.807, 2.05) is 17.7 Å². The number of fused-ring (bicyclic) bond motifs is 1. The van der Waals surface area contributed by atoms with Crippen LogP contribution in [0.25, 0.3) is 16.6 Å². The lowest BCUT2D eigenvalue weighted by Crippen LogP contribution is -2.15. The fraction of sp³-hybridized carbons (Fsp3) is 0.409. The maximum Gasteiger partial charge on any atom is 0.124 e. The third kappa shape index (κ3) is 3.57. The second kappa shape index (κ2) is 7.54. The molecular weight excluding hydrogens is 387 g/mol. The SMILES string of the molecule is Cc1cncc2c1c(C[C@H]1CCNC1)cn2-c1ccc(F)cc1[S@](=N)(=O)C(C)C. The van der Waals surface area contributed by atoms with Gasteiger partial charge in [-0.15, -0.1) is 0 Å². The summed E-state index contributed by atoms with van der Waals surface area (Å²) in [6, 6.07) is 4.24. The monoisotopic (exact) mass is 414 g/mol. The topological polar surface area (TPSA) is 70.8 Å². The Bertz CT molecular complexity index is 1160. The molecule has 1 aliphatic rings. The average molecular weight is 415 g/mol. The molecule has 4 rings (SSSR count). The summed E-state index contributed by atoms with van der Waals surface area (Å²) in [6.45, 7) is 7.57. The van der Waals surface area contributed by atoms with Gasteiger partial charge in [-0.05, 0) is 81.9 Å². The van der Waals surface area contributed by atoms with Crippen LogP contribution in [0.5, 0.6) is 0 Å². The molecule has 0 amide bonds. The minimum Gasteiger partial charge on any atom is -0.316 e. The van der Waals surface area contributed by atoms with Crippen molar-refractivity contribution in [2.45, 2.75) is 43.8 Å². The van der Waals surface area contributed by atoms with Crippen molar-refractivity contribution in [2.75, 3.05) is 13.1 Å². The van der Waals surface area contributed by atoms with Gasteiger partial charge in [-0.3, -0.25) is 4.98 Å². The zero-order chi connectivity index (χ0) is 20.8. The molecule has 154 valence electrons. The van der Waals surface area contributed by atoms with Crippen LogP contribution in [0.2, 0.25) is 0 Å². The fourth-order valence-corrected chi connectivity index (χ4v) is 5.45. The molecule has 3 aromatic rings. The summed E-state index contributed by atoms with van der Waals surface area (Å²) in [4.78, 5) is 4.60. The van der Waals surface area contributed by atoms with Crippen molar-refractivity contribution < 1.29 is 8.60 Å². The fourth-order valence-electron chi connectivity index (χ4n) is 4.18. The van der Waals surface area contributed by atoms with Crippen LogP contribution in [-0.4, -0.2) is 32.1 Å². The highest BCUT2D eigenvalue weighted by atomic mass is 32.2. The molecule has 0 saturated carbocycles. The first-order chi connectivity index (χ1) is 13.8. The van der Waals surface area contributed by atoms with E-state index in [2.05, 4.69) is 16.5 Å². The van der Waals surface area contributed by atoms with Gasteiger partial charge in [0.25, 0.3) is 0 Å². The van der Waals surface area contributed by atoms with Gasteiger partial charge in [-0.1, -0.05) is 0 Å². The van der Waals surface area contributed by atoms with Crippen LogP contribution in [0.15, 0.2) is 41.7 Å². The van der Waals surface area contributed by atoms with Crippen LogP contribution >= 0.6 is 0 Å². The molecule has 0 spiro atoms. The number of pyridine rings is 1. The van der Waals surface area contributed by atoms with Gasteiger partial charge in [0.2, 0.25) is 0 Å². The quantitative estimate of drug-likeness (QED) is 0.648. The highest BCUT2D eigenvalue weighted by Crippen LogP contribution is 2.33. The molecule has 0 bridgehead atoms. The van der Waals surface area contributed by atoms with E-state index in [0.717, 1.165) is 42.4 Å². The van der Waals surface area contributed by atoms with E-state index in [0.29, 0.717) is 11.6 Å². The van der Waals surface area contributed by atoms with Gasteiger partial charge < -0.3 is 9.88 Å². The van der Waals surface area contributed by atoms with Crippen molar-refractivity contribution in [3.8, 4) is 5.69 Å². The first kappa shape index (κ1) is 20.0. The number of benzene rings is 1. The van der Waals surface area contributed by atoms with Crippen molar-refractivity contribution in [1.82, 2.24) is 14.9 Å². The van der Waals surface area contributed by atoms with Gasteiger partial charge in [0, 0.05) is 23.0 Å². The lowest BCUT2D eigenvalue weighted by Gasteiger charge is -2.17. The summed E-state index contributed by atoms with van der Waals surface area (Å²) in [5, 5.41) is 4.14. The Balaban J connectivity index is 1.95. The molecule has 1 aliphatic heterocycles. The van der Waals surface area contributed by atoms with Gasteiger partial charge in [0.15, 0.2) is 0 Å². The minimum atomic E-state index is -3.16. The summed E-state index contributed by atoms with van der Waals surface area (Å²) < 4.78 is 37.7. The lowest BCUT2D eigenvalue weighted by molar-refractivity contribution is 0.582. The van der Waals surface area contributed by atoms with Crippen LogP contribution in [0.4, 0.5) is 4.39 Å². The molecule has 29 heavy (non-hydrogen) atoms. The maximum absolute atomic E-state index is 14.1. The van der Waals surface area contributed by atoms with Gasteiger partial charge in [0.1, 0.15) is 5.82 Å². The Morgan fingerprint density at radius 1 is 1.38 bits per heavy atom. The second-order valence-corrected chi connectivity index (χ2v) is 10.8. The van der Waals surface area contributed by atoms with Crippen LogP contribution in [-0.2, 0) is 16.1 Å². The maximum atomic E-state index is 14.1. The molecule has 7 heteroatoms. The summed E-state index contributed by atoms with van der Waals surface area (Å²) in [5.41, 5.74) is 3.79. The van der Waals surface area contributed by atoms with Crippen molar-refractivity contribution >= 4 is 20.6 Å². The molecule has 5 nitrogen and oxygen atoms in total. The summed E-state index contributed by atoms with van der Waals surface area (Å²) in [7, 11) is -3.16. The average Bonchev–Trinajstić information content (AvgIpc) is 3.31. The van der Waals surface area contributed by atoms with Crippen LogP contribution in [0.3, 0.4) is 0 Å². The zero-order valence-electron chi connectivity index (χ0n) is 17.0. The Morgan fingerprint density at radius 3 is 2.86 bits per heavy atom. The number of rotatable bonds is 5. The van der Waals surface area contributed by atoms with E-state index < -0.39 is 20.8 Å². The molecule has 1 fully saturated rings. The predicted octanol–water partition coefficient (Wildman–Crippen LogP) is 4.44. The van der Waals surface area contributed by atoms with Crippen molar-refractivity contribution in [3.05, 3.63) is 53.7 Å². The van der Waals surface area contributed by atoms with Crippen molar-refractivity contribution in [3.63, 3.8) is 0 Å². The molecule has 2 atom stereocenters. The number of aromatic nitrogens is 2. The third-order valence-corrected chi connectivity index (χ3v) is 8.13. The Kier molecular flexibility index (Phi) is 5.21. The van der Waals surface area contributed by atoms with Crippen molar-refractivity contribution in [1.29, 1.82) is 4.78 Å². The van der Waals surface area contributed by atoms with E-state index in [4.69, 9.17) is 4.78 Å². The molecule has 0 unspecified atom stereocenters. The minimum absolute atomic E-state index is 0.236. The number of hydrogen-bond acceptors (Lipinski definition) is 4.